The largest absolute Gasteiger partial charge is 0.491 e. The van der Waals surface area contributed by atoms with Crippen LogP contribution < -0.4 is 10.1 Å². The first kappa shape index (κ1) is 22.9. The Kier molecular flexibility index (Phi) is 5.85. The number of hydrogen-bond donors (Lipinski definition) is 2. The van der Waals surface area contributed by atoms with Crippen molar-refractivity contribution in [1.82, 2.24) is 19.9 Å². The first-order chi connectivity index (χ1) is 17.5. The average Bonchev–Trinajstić information content (AvgIpc) is 3.60. The first-order valence-electron chi connectivity index (χ1n) is 12.4. The van der Waals surface area contributed by atoms with E-state index in [0.717, 1.165) is 58.6 Å². The van der Waals surface area contributed by atoms with E-state index in [0.29, 0.717) is 51.6 Å². The number of amides is 2. The summed E-state index contributed by atoms with van der Waals surface area (Å²) in [4.78, 5) is 38.1. The maximum atomic E-state index is 12.0. The molecule has 0 aromatic carbocycles. The van der Waals surface area contributed by atoms with Crippen molar-refractivity contribution >= 4 is 28.5 Å². The van der Waals surface area contributed by atoms with E-state index in [1.54, 1.807) is 6.20 Å². The topological polar surface area (TPSA) is 119 Å². The summed E-state index contributed by atoms with van der Waals surface area (Å²) in [5, 5.41) is 3.64. The third-order valence-electron chi connectivity index (χ3n) is 7.17. The number of hydrogen-bond acceptors (Lipinski definition) is 7. The van der Waals surface area contributed by atoms with Crippen molar-refractivity contribution in [3.8, 4) is 17.0 Å². The molecule has 6 rings (SSSR count). The minimum atomic E-state index is -0.582. The molecular weight excluding hydrogens is 462 g/mol. The Hall–Kier alpha value is -3.50. The Balaban J connectivity index is 1.40. The number of H-pyrrole nitrogens is 1. The molecule has 10 nitrogen and oxygen atoms in total. The zero-order valence-electron chi connectivity index (χ0n) is 20.3. The smallest absolute Gasteiger partial charge is 0.222 e. The highest BCUT2D eigenvalue weighted by Crippen LogP contribution is 2.43. The average molecular weight is 492 g/mol. The number of pyridine rings is 2. The van der Waals surface area contributed by atoms with Crippen LogP contribution in [0.3, 0.4) is 0 Å². The summed E-state index contributed by atoms with van der Waals surface area (Å²) in [5.74, 6) is 1.25. The van der Waals surface area contributed by atoms with Gasteiger partial charge >= 0.3 is 0 Å². The first-order valence-corrected chi connectivity index (χ1v) is 12.4. The number of carbonyl (C=O) groups is 2. The number of fused-ring (bicyclic) bond motifs is 3. The molecule has 2 saturated heterocycles. The van der Waals surface area contributed by atoms with Gasteiger partial charge in [0.15, 0.2) is 0 Å². The molecule has 0 aliphatic carbocycles. The molecule has 188 valence electrons. The van der Waals surface area contributed by atoms with Gasteiger partial charge in [0, 0.05) is 68.1 Å². The molecule has 36 heavy (non-hydrogen) atoms. The van der Waals surface area contributed by atoms with Gasteiger partial charge in [0.1, 0.15) is 23.8 Å². The minimum Gasteiger partial charge on any atom is -0.491 e. The van der Waals surface area contributed by atoms with Gasteiger partial charge in [-0.15, -0.1) is 0 Å². The fourth-order valence-corrected chi connectivity index (χ4v) is 5.38. The van der Waals surface area contributed by atoms with Crippen molar-refractivity contribution in [2.24, 2.45) is 0 Å². The molecule has 1 atom stereocenters. The van der Waals surface area contributed by atoms with Crippen molar-refractivity contribution in [2.75, 3.05) is 44.8 Å². The molecule has 0 bridgehead atoms. The van der Waals surface area contributed by atoms with Gasteiger partial charge in [-0.05, 0) is 12.5 Å². The molecule has 3 aromatic heterocycles. The summed E-state index contributed by atoms with van der Waals surface area (Å²) in [7, 11) is 0. The molecule has 1 spiro atoms. The summed E-state index contributed by atoms with van der Waals surface area (Å²) in [5.41, 5.74) is 3.78. The third-order valence-corrected chi connectivity index (χ3v) is 7.17. The highest BCUT2D eigenvalue weighted by atomic mass is 16.6. The highest BCUT2D eigenvalue weighted by Gasteiger charge is 2.44. The fourth-order valence-electron chi connectivity index (χ4n) is 5.38. The van der Waals surface area contributed by atoms with E-state index in [-0.39, 0.29) is 11.8 Å². The van der Waals surface area contributed by atoms with Crippen LogP contribution in [-0.2, 0) is 31.1 Å². The van der Waals surface area contributed by atoms with E-state index < -0.39 is 5.60 Å². The van der Waals surface area contributed by atoms with Gasteiger partial charge in [0.25, 0.3) is 0 Å². The molecule has 3 aliphatic heterocycles. The predicted octanol–water partition coefficient (Wildman–Crippen LogP) is 2.77. The van der Waals surface area contributed by atoms with E-state index in [1.807, 2.05) is 23.2 Å². The zero-order chi connectivity index (χ0) is 24.7. The summed E-state index contributed by atoms with van der Waals surface area (Å²) in [6, 6.07) is 3.81. The van der Waals surface area contributed by atoms with Gasteiger partial charge in [-0.2, -0.15) is 0 Å². The standard InChI is InChI=1S/C26H29N5O5/c1-16(32)29-23-11-18-19(13-27-21(18)14-28-23)20-12-22(35-10-7-31-6-2-3-24(31)33)17-4-8-36-26(25(17)30-20)5-9-34-15-26/h11-14,27H,2-10,15H2,1H3,(H,28,29,32). The summed E-state index contributed by atoms with van der Waals surface area (Å²) in [6.45, 7) is 4.89. The van der Waals surface area contributed by atoms with Crippen LogP contribution in [0.25, 0.3) is 22.2 Å². The van der Waals surface area contributed by atoms with Crippen molar-refractivity contribution in [3.05, 3.63) is 35.8 Å². The highest BCUT2D eigenvalue weighted by molar-refractivity contribution is 5.97. The van der Waals surface area contributed by atoms with Gasteiger partial charge in [-0.3, -0.25) is 9.59 Å². The number of nitrogens with zero attached hydrogens (tertiary/aromatic N) is 3. The number of anilines is 1. The lowest BCUT2D eigenvalue weighted by molar-refractivity contribution is -0.128. The SMILES string of the molecule is CC(=O)Nc1cc2c(-c3cc(OCCN4CCCC4=O)c4c(n3)C3(CCOC3)OCC4)c[nH]c2cn1. The number of carbonyl (C=O) groups excluding carboxylic acids is 2. The maximum Gasteiger partial charge on any atom is 0.222 e. The lowest BCUT2D eigenvalue weighted by Crippen LogP contribution is -2.37. The van der Waals surface area contributed by atoms with Gasteiger partial charge in [-0.1, -0.05) is 0 Å². The molecule has 0 saturated carbocycles. The molecule has 1 unspecified atom stereocenters. The van der Waals surface area contributed by atoms with E-state index in [2.05, 4.69) is 15.3 Å². The predicted molar refractivity (Wildman–Crippen MR) is 132 cm³/mol. The number of aromatic amines is 1. The van der Waals surface area contributed by atoms with E-state index in [1.165, 1.54) is 6.92 Å². The Morgan fingerprint density at radius 3 is 3.00 bits per heavy atom. The molecule has 2 amide bonds. The fraction of sp³-hybridized carbons (Fsp3) is 0.462. The Morgan fingerprint density at radius 2 is 2.22 bits per heavy atom. The Morgan fingerprint density at radius 1 is 1.31 bits per heavy atom. The third kappa shape index (κ3) is 4.10. The minimum absolute atomic E-state index is 0.182. The van der Waals surface area contributed by atoms with Crippen molar-refractivity contribution in [3.63, 3.8) is 0 Å². The van der Waals surface area contributed by atoms with Crippen LogP contribution in [0.1, 0.15) is 37.4 Å². The van der Waals surface area contributed by atoms with Crippen molar-refractivity contribution in [2.45, 2.75) is 38.2 Å². The van der Waals surface area contributed by atoms with E-state index in [4.69, 9.17) is 19.2 Å². The second-order valence-electron chi connectivity index (χ2n) is 9.56. The molecule has 3 aromatic rings. The van der Waals surface area contributed by atoms with Gasteiger partial charge in [0.05, 0.1) is 42.9 Å². The molecule has 2 N–H and O–H groups in total. The number of likely N-dealkylation sites (tertiary alicyclic amines) is 1. The van der Waals surface area contributed by atoms with E-state index >= 15 is 0 Å². The van der Waals surface area contributed by atoms with Crippen LogP contribution >= 0.6 is 0 Å². The number of ether oxygens (including phenoxy) is 3. The van der Waals surface area contributed by atoms with Crippen molar-refractivity contribution < 1.29 is 23.8 Å². The molecule has 10 heteroatoms. The van der Waals surface area contributed by atoms with Crippen LogP contribution in [0.15, 0.2) is 24.5 Å². The normalized spacial score (nSPS) is 21.4. The van der Waals surface area contributed by atoms with Crippen molar-refractivity contribution in [1.29, 1.82) is 0 Å². The summed E-state index contributed by atoms with van der Waals surface area (Å²) in [6.07, 6.45) is 6.55. The van der Waals surface area contributed by atoms with E-state index in [9.17, 15) is 9.59 Å². The second-order valence-corrected chi connectivity index (χ2v) is 9.56. The molecule has 2 fully saturated rings. The number of nitrogens with one attached hydrogen (secondary N) is 2. The van der Waals surface area contributed by atoms with Gasteiger partial charge in [-0.25, -0.2) is 9.97 Å². The number of rotatable bonds is 6. The molecule has 6 heterocycles. The quantitative estimate of drug-likeness (QED) is 0.544. The Bertz CT molecular complexity index is 1330. The lowest BCUT2D eigenvalue weighted by atomic mass is 9.89. The van der Waals surface area contributed by atoms with Crippen LogP contribution in [0.5, 0.6) is 5.75 Å². The monoisotopic (exact) mass is 491 g/mol. The van der Waals surface area contributed by atoms with Crippen LogP contribution in [0.4, 0.5) is 5.82 Å². The van der Waals surface area contributed by atoms with Crippen LogP contribution in [-0.4, -0.2) is 71.2 Å². The second kappa shape index (κ2) is 9.18. The maximum absolute atomic E-state index is 12.0. The molecule has 0 radical (unpaired) electrons. The van der Waals surface area contributed by atoms with Crippen LogP contribution in [0.2, 0.25) is 0 Å². The molecular formula is C26H29N5O5. The number of aromatic nitrogens is 3. The molecule has 3 aliphatic rings. The van der Waals surface area contributed by atoms with Gasteiger partial charge < -0.3 is 29.4 Å². The van der Waals surface area contributed by atoms with Crippen LogP contribution in [0, 0.1) is 0 Å². The summed E-state index contributed by atoms with van der Waals surface area (Å²) < 4.78 is 18.3. The summed E-state index contributed by atoms with van der Waals surface area (Å²) >= 11 is 0. The van der Waals surface area contributed by atoms with Gasteiger partial charge in [0.2, 0.25) is 11.8 Å². The zero-order valence-corrected chi connectivity index (χ0v) is 20.3. The lowest BCUT2D eigenvalue weighted by Gasteiger charge is -2.34. The Labute approximate surface area is 208 Å².